The molecule has 2 aromatic heterocycles. The van der Waals surface area contributed by atoms with Gasteiger partial charge in [-0.1, -0.05) is 6.07 Å². The third-order valence-electron chi connectivity index (χ3n) is 7.18. The first-order chi connectivity index (χ1) is 16.9. The van der Waals surface area contributed by atoms with E-state index in [1.807, 2.05) is 0 Å². The maximum atomic E-state index is 13.2. The highest BCUT2D eigenvalue weighted by Crippen LogP contribution is 2.38. The van der Waals surface area contributed by atoms with Gasteiger partial charge < -0.3 is 19.8 Å². The average Bonchev–Trinajstić information content (AvgIpc) is 3.40. The zero-order chi connectivity index (χ0) is 25.9. The Morgan fingerprint density at radius 2 is 1.86 bits per heavy atom. The summed E-state index contributed by atoms with van der Waals surface area (Å²) in [5.41, 5.74) is -3.60. The molecule has 2 aromatic rings. The van der Waals surface area contributed by atoms with E-state index >= 15 is 0 Å². The van der Waals surface area contributed by atoms with Gasteiger partial charge in [0.2, 0.25) is 5.95 Å². The lowest BCUT2D eigenvalue weighted by Gasteiger charge is -2.57. The minimum Gasteiger partial charge on any atom is -0.390 e. The molecule has 0 radical (unpaired) electrons. The summed E-state index contributed by atoms with van der Waals surface area (Å²) in [4.78, 5) is 12.0. The number of halogens is 3. The minimum absolute atomic E-state index is 0.110. The summed E-state index contributed by atoms with van der Waals surface area (Å²) in [6.45, 7) is 2.21. The van der Waals surface area contributed by atoms with Gasteiger partial charge in [-0.2, -0.15) is 17.5 Å². The highest BCUT2D eigenvalue weighted by molar-refractivity contribution is 7.91. The predicted molar refractivity (Wildman–Crippen MR) is 123 cm³/mol. The highest BCUT2D eigenvalue weighted by atomic mass is 32.2. The maximum absolute atomic E-state index is 13.2. The molecule has 0 saturated carbocycles. The molecule has 3 aliphatic heterocycles. The number of sulfonamides is 1. The van der Waals surface area contributed by atoms with E-state index in [-0.39, 0.29) is 41.9 Å². The molecule has 4 atom stereocenters. The van der Waals surface area contributed by atoms with Crippen molar-refractivity contribution in [3.05, 3.63) is 35.5 Å². The van der Waals surface area contributed by atoms with Gasteiger partial charge in [-0.15, -0.1) is 11.3 Å². The van der Waals surface area contributed by atoms with Crippen molar-refractivity contribution in [3.8, 4) is 0 Å². The van der Waals surface area contributed by atoms with E-state index in [2.05, 4.69) is 14.9 Å². The van der Waals surface area contributed by atoms with Gasteiger partial charge in [-0.3, -0.25) is 4.90 Å². The van der Waals surface area contributed by atoms with Crippen LogP contribution in [0.3, 0.4) is 0 Å². The predicted octanol–water partition coefficient (Wildman–Crippen LogP) is 0.631. The number of piperazine rings is 1. The van der Waals surface area contributed by atoms with E-state index in [0.29, 0.717) is 26.7 Å². The van der Waals surface area contributed by atoms with Gasteiger partial charge in [0.1, 0.15) is 4.21 Å². The van der Waals surface area contributed by atoms with E-state index in [4.69, 9.17) is 4.74 Å². The molecule has 3 aliphatic rings. The fourth-order valence-corrected chi connectivity index (χ4v) is 7.51. The van der Waals surface area contributed by atoms with Gasteiger partial charge in [0.05, 0.1) is 37.4 Å². The number of thiophene rings is 1. The number of nitrogens with zero attached hydrogens (tertiary/aromatic N) is 5. The number of hydrogen-bond acceptors (Lipinski definition) is 10. The van der Waals surface area contributed by atoms with Gasteiger partial charge in [0.25, 0.3) is 10.0 Å². The normalized spacial score (nSPS) is 29.6. The van der Waals surface area contributed by atoms with Gasteiger partial charge >= 0.3 is 6.18 Å². The second-order valence-electron chi connectivity index (χ2n) is 9.34. The van der Waals surface area contributed by atoms with Crippen LogP contribution in [-0.2, 0) is 20.4 Å². The number of fused-ring (bicyclic) bond motifs is 2. The lowest BCUT2D eigenvalue weighted by molar-refractivity contribution is -0.259. The number of hydrogen-bond donors (Lipinski definition) is 2. The Bertz CT molecular complexity index is 1170. The summed E-state index contributed by atoms with van der Waals surface area (Å²) in [5.74, 6) is 0.136. The van der Waals surface area contributed by atoms with Crippen molar-refractivity contribution < 1.29 is 36.5 Å². The lowest BCUT2D eigenvalue weighted by Crippen LogP contribution is -2.76. The first-order valence-corrected chi connectivity index (χ1v) is 13.7. The fraction of sp³-hybridized carbons (Fsp3) is 0.619. The van der Waals surface area contributed by atoms with Crippen molar-refractivity contribution in [2.45, 2.75) is 47.1 Å². The first-order valence-electron chi connectivity index (χ1n) is 11.3. The Morgan fingerprint density at radius 1 is 1.19 bits per heavy atom. The van der Waals surface area contributed by atoms with Crippen molar-refractivity contribution in [1.29, 1.82) is 0 Å². The molecule has 0 aliphatic carbocycles. The van der Waals surface area contributed by atoms with Crippen LogP contribution >= 0.6 is 11.3 Å². The van der Waals surface area contributed by atoms with Crippen LogP contribution < -0.4 is 4.90 Å². The third-order valence-corrected chi connectivity index (χ3v) is 10.4. The molecule has 15 heteroatoms. The molecule has 36 heavy (non-hydrogen) atoms. The number of morpholine rings is 1. The van der Waals surface area contributed by atoms with Crippen LogP contribution in [0.25, 0.3) is 0 Å². The monoisotopic (exact) mass is 549 g/mol. The van der Waals surface area contributed by atoms with E-state index in [0.717, 1.165) is 23.7 Å². The second-order valence-corrected chi connectivity index (χ2v) is 12.5. The summed E-state index contributed by atoms with van der Waals surface area (Å²) in [5, 5.41) is 21.9. The van der Waals surface area contributed by atoms with Gasteiger partial charge in [0, 0.05) is 44.1 Å². The number of ether oxygens (including phenoxy) is 1. The van der Waals surface area contributed by atoms with Gasteiger partial charge in [0.15, 0.2) is 5.60 Å². The highest BCUT2D eigenvalue weighted by Gasteiger charge is 2.53. The largest absolute Gasteiger partial charge is 0.421 e. The maximum Gasteiger partial charge on any atom is 0.421 e. The molecule has 10 nitrogen and oxygen atoms in total. The van der Waals surface area contributed by atoms with Gasteiger partial charge in [-0.05, 0) is 18.4 Å². The second kappa shape index (κ2) is 9.15. The molecule has 2 N–H and O–H groups in total. The zero-order valence-corrected chi connectivity index (χ0v) is 20.9. The van der Waals surface area contributed by atoms with Crippen molar-refractivity contribution in [2.75, 3.05) is 44.3 Å². The molecule has 0 amide bonds. The Hall–Kier alpha value is -1.88. The molecular weight excluding hydrogens is 523 g/mol. The van der Waals surface area contributed by atoms with Crippen molar-refractivity contribution >= 4 is 27.3 Å². The minimum atomic E-state index is -4.90. The molecule has 2 bridgehead atoms. The van der Waals surface area contributed by atoms with Crippen LogP contribution in [0.2, 0.25) is 0 Å². The van der Waals surface area contributed by atoms with Crippen molar-refractivity contribution in [3.63, 3.8) is 0 Å². The fourth-order valence-electron chi connectivity index (χ4n) is 4.89. The molecule has 5 rings (SSSR count). The van der Waals surface area contributed by atoms with Crippen LogP contribution in [0.4, 0.5) is 19.1 Å². The van der Waals surface area contributed by atoms with E-state index in [9.17, 15) is 31.8 Å². The standard InChI is InChI=1S/C21H26F3N5O5S2/c1-20(31,21(22,23)24)13-7-25-19(26-8-13)28-5-4-27(36(32,33)17-3-2-6-35-17)9-14(28)10-29-15-11-34-12-16(29)18(15)30/h2-3,6-8,14-16,18,30-31H,4-5,9-12H2,1H3/t14-,15?,16?,18?,20?/m1/s1. The summed E-state index contributed by atoms with van der Waals surface area (Å²) < 4.78 is 73.1. The lowest BCUT2D eigenvalue weighted by atomic mass is 9.87. The number of alkyl halides is 3. The number of aliphatic hydroxyl groups excluding tert-OH is 1. The van der Waals surface area contributed by atoms with Crippen LogP contribution in [0.1, 0.15) is 12.5 Å². The number of anilines is 1. The first kappa shape index (κ1) is 25.8. The zero-order valence-electron chi connectivity index (χ0n) is 19.2. The summed E-state index contributed by atoms with van der Waals surface area (Å²) >= 11 is 1.13. The molecule has 5 heterocycles. The van der Waals surface area contributed by atoms with Crippen LogP contribution in [0.5, 0.6) is 0 Å². The summed E-state index contributed by atoms with van der Waals surface area (Å²) in [7, 11) is -3.72. The van der Waals surface area contributed by atoms with Crippen LogP contribution in [0, 0.1) is 0 Å². The Kier molecular flexibility index (Phi) is 6.54. The van der Waals surface area contributed by atoms with E-state index in [1.165, 1.54) is 4.31 Å². The molecule has 3 unspecified atom stereocenters. The van der Waals surface area contributed by atoms with Crippen molar-refractivity contribution in [1.82, 2.24) is 19.2 Å². The van der Waals surface area contributed by atoms with Crippen LogP contribution in [-0.4, -0.2) is 108 Å². The van der Waals surface area contributed by atoms with Crippen molar-refractivity contribution in [2.24, 2.45) is 0 Å². The molecule has 3 saturated heterocycles. The Morgan fingerprint density at radius 3 is 2.42 bits per heavy atom. The third kappa shape index (κ3) is 4.29. The molecule has 198 valence electrons. The van der Waals surface area contributed by atoms with Crippen LogP contribution in [0.15, 0.2) is 34.1 Å². The Balaban J connectivity index is 1.41. The number of aromatic nitrogens is 2. The average molecular weight is 550 g/mol. The molecular formula is C21H26F3N5O5S2. The number of rotatable bonds is 6. The van der Waals surface area contributed by atoms with E-state index in [1.54, 1.807) is 22.4 Å². The quantitative estimate of drug-likeness (QED) is 0.535. The molecule has 3 fully saturated rings. The van der Waals surface area contributed by atoms with Gasteiger partial charge in [-0.25, -0.2) is 18.4 Å². The smallest absolute Gasteiger partial charge is 0.390 e. The summed E-state index contributed by atoms with van der Waals surface area (Å²) in [6, 6.07) is 2.36. The number of aliphatic hydroxyl groups is 2. The van der Waals surface area contributed by atoms with E-state index < -0.39 is 39.5 Å². The molecule has 0 spiro atoms. The molecule has 0 aromatic carbocycles. The Labute approximate surface area is 210 Å². The topological polar surface area (TPSA) is 119 Å². The SMILES string of the molecule is CC(O)(c1cnc(N2CCN(S(=O)(=O)c3cccs3)C[C@@H]2CN2C3COCC2C3O)nc1)C(F)(F)F. The summed E-state index contributed by atoms with van der Waals surface area (Å²) in [6.07, 6.45) is -3.54.